The van der Waals surface area contributed by atoms with Crippen molar-refractivity contribution in [2.75, 3.05) is 18.4 Å². The van der Waals surface area contributed by atoms with E-state index in [2.05, 4.69) is 5.32 Å². The first-order chi connectivity index (χ1) is 13.2. The van der Waals surface area contributed by atoms with Gasteiger partial charge in [0, 0.05) is 13.1 Å². The number of amides is 1. The molecule has 2 aliphatic rings. The SMILES string of the molecule is Cc1ccc2c(c1)Oc1ccc(S(=O)(=O)N3C[C@@H](C)O[C@H](C)C3)cc1C(=O)N2. The van der Waals surface area contributed by atoms with Gasteiger partial charge in [-0.25, -0.2) is 8.42 Å². The molecule has 0 unspecified atom stereocenters. The van der Waals surface area contributed by atoms with Crippen LogP contribution in [0.4, 0.5) is 5.69 Å². The molecule has 1 amide bonds. The van der Waals surface area contributed by atoms with Crippen LogP contribution in [0.15, 0.2) is 41.3 Å². The molecular weight excluding hydrogens is 380 g/mol. The van der Waals surface area contributed by atoms with E-state index in [9.17, 15) is 13.2 Å². The van der Waals surface area contributed by atoms with Gasteiger partial charge in [0.05, 0.1) is 28.4 Å². The summed E-state index contributed by atoms with van der Waals surface area (Å²) in [5, 5.41) is 2.79. The Morgan fingerprint density at radius 3 is 2.46 bits per heavy atom. The quantitative estimate of drug-likeness (QED) is 0.834. The van der Waals surface area contributed by atoms with E-state index in [1.165, 1.54) is 22.5 Å². The number of morpholine rings is 1. The molecule has 1 saturated heterocycles. The molecular formula is C20H22N2O5S. The molecule has 1 fully saturated rings. The lowest BCUT2D eigenvalue weighted by atomic mass is 10.2. The summed E-state index contributed by atoms with van der Waals surface area (Å²) in [6.45, 7) is 6.16. The van der Waals surface area contributed by atoms with Gasteiger partial charge in [0.15, 0.2) is 5.75 Å². The second-order valence-corrected chi connectivity index (χ2v) is 9.23. The Kier molecular flexibility index (Phi) is 4.65. The molecule has 0 bridgehead atoms. The number of benzene rings is 2. The Morgan fingerprint density at radius 2 is 1.75 bits per heavy atom. The molecule has 0 radical (unpaired) electrons. The molecule has 0 aromatic heterocycles. The monoisotopic (exact) mass is 402 g/mol. The summed E-state index contributed by atoms with van der Waals surface area (Å²) in [4.78, 5) is 12.8. The van der Waals surface area contributed by atoms with E-state index in [4.69, 9.17) is 9.47 Å². The number of carbonyl (C=O) groups is 1. The summed E-state index contributed by atoms with van der Waals surface area (Å²) >= 11 is 0. The Morgan fingerprint density at radius 1 is 1.04 bits per heavy atom. The van der Waals surface area contributed by atoms with Gasteiger partial charge in [-0.3, -0.25) is 4.79 Å². The number of hydrogen-bond acceptors (Lipinski definition) is 5. The number of nitrogens with zero attached hydrogens (tertiary/aromatic N) is 1. The molecule has 0 aliphatic carbocycles. The van der Waals surface area contributed by atoms with Crippen molar-refractivity contribution >= 4 is 21.6 Å². The van der Waals surface area contributed by atoms with E-state index in [0.29, 0.717) is 17.2 Å². The number of sulfonamides is 1. The maximum Gasteiger partial charge on any atom is 0.259 e. The number of ether oxygens (including phenoxy) is 2. The van der Waals surface area contributed by atoms with E-state index < -0.39 is 15.9 Å². The zero-order valence-electron chi connectivity index (χ0n) is 15.9. The van der Waals surface area contributed by atoms with Crippen molar-refractivity contribution in [2.45, 2.75) is 37.9 Å². The second-order valence-electron chi connectivity index (χ2n) is 7.29. The number of fused-ring (bicyclic) bond motifs is 2. The largest absolute Gasteiger partial charge is 0.454 e. The van der Waals surface area contributed by atoms with Crippen LogP contribution in [0.1, 0.15) is 29.8 Å². The number of hydrogen-bond donors (Lipinski definition) is 1. The van der Waals surface area contributed by atoms with Gasteiger partial charge in [0.25, 0.3) is 5.91 Å². The lowest BCUT2D eigenvalue weighted by molar-refractivity contribution is -0.0440. The highest BCUT2D eigenvalue weighted by atomic mass is 32.2. The lowest BCUT2D eigenvalue weighted by Gasteiger charge is -2.34. The summed E-state index contributed by atoms with van der Waals surface area (Å²) in [5.41, 5.74) is 1.72. The van der Waals surface area contributed by atoms with Gasteiger partial charge in [-0.2, -0.15) is 4.31 Å². The second kappa shape index (κ2) is 6.88. The van der Waals surface area contributed by atoms with E-state index >= 15 is 0 Å². The van der Waals surface area contributed by atoms with Crippen LogP contribution in [0.3, 0.4) is 0 Å². The fourth-order valence-electron chi connectivity index (χ4n) is 3.54. The molecule has 2 atom stereocenters. The van der Waals surface area contributed by atoms with Gasteiger partial charge in [0.1, 0.15) is 5.75 Å². The minimum atomic E-state index is -3.75. The summed E-state index contributed by atoms with van der Waals surface area (Å²) in [7, 11) is -3.75. The van der Waals surface area contributed by atoms with Crippen LogP contribution in [0, 0.1) is 6.92 Å². The van der Waals surface area contributed by atoms with Crippen LogP contribution >= 0.6 is 0 Å². The first kappa shape index (κ1) is 18.9. The highest BCUT2D eigenvalue weighted by molar-refractivity contribution is 7.89. The molecule has 8 heteroatoms. The van der Waals surface area contributed by atoms with E-state index in [0.717, 1.165) is 5.56 Å². The molecule has 28 heavy (non-hydrogen) atoms. The average molecular weight is 402 g/mol. The standard InChI is InChI=1S/C20H22N2O5S/c1-12-4-6-17-19(8-12)27-18-7-5-15(9-16(18)20(23)21-17)28(24,25)22-10-13(2)26-14(3)11-22/h4-9,13-14H,10-11H2,1-3H3,(H,21,23)/t13-,14-/m1/s1. The van der Waals surface area contributed by atoms with Crippen LogP contribution in [0.2, 0.25) is 0 Å². The molecule has 2 aromatic rings. The molecule has 7 nitrogen and oxygen atoms in total. The van der Waals surface area contributed by atoms with E-state index in [1.807, 2.05) is 32.9 Å². The van der Waals surface area contributed by atoms with Crippen LogP contribution in [0.25, 0.3) is 0 Å². The Labute approximate surface area is 164 Å². The molecule has 2 aromatic carbocycles. The van der Waals surface area contributed by atoms with Crippen molar-refractivity contribution in [3.05, 3.63) is 47.5 Å². The Bertz CT molecular complexity index is 1040. The smallest absolute Gasteiger partial charge is 0.259 e. The topological polar surface area (TPSA) is 84.9 Å². The maximum atomic E-state index is 13.1. The van der Waals surface area contributed by atoms with Gasteiger partial charge >= 0.3 is 0 Å². The molecule has 0 saturated carbocycles. The maximum absolute atomic E-state index is 13.1. The summed E-state index contributed by atoms with van der Waals surface area (Å²) in [6, 6.07) is 9.85. The fourth-order valence-corrected chi connectivity index (χ4v) is 5.15. The summed E-state index contributed by atoms with van der Waals surface area (Å²) < 4.78 is 39.2. The van der Waals surface area contributed by atoms with E-state index in [-0.39, 0.29) is 35.8 Å². The molecule has 2 heterocycles. The molecule has 2 aliphatic heterocycles. The predicted molar refractivity (Wildman–Crippen MR) is 104 cm³/mol. The highest BCUT2D eigenvalue weighted by Gasteiger charge is 2.33. The highest BCUT2D eigenvalue weighted by Crippen LogP contribution is 2.37. The first-order valence-electron chi connectivity index (χ1n) is 9.13. The average Bonchev–Trinajstić information content (AvgIpc) is 2.76. The third kappa shape index (κ3) is 3.39. The molecule has 1 N–H and O–H groups in total. The number of aryl methyl sites for hydroxylation is 1. The third-order valence-electron chi connectivity index (χ3n) is 4.82. The summed E-state index contributed by atoms with van der Waals surface area (Å²) in [5.74, 6) is 0.446. The number of carbonyl (C=O) groups excluding carboxylic acids is 1. The number of nitrogens with one attached hydrogen (secondary N) is 1. The summed E-state index contributed by atoms with van der Waals surface area (Å²) in [6.07, 6.45) is -0.382. The van der Waals surface area contributed by atoms with Crippen molar-refractivity contribution in [1.82, 2.24) is 4.31 Å². The van der Waals surface area contributed by atoms with Crippen molar-refractivity contribution in [3.63, 3.8) is 0 Å². The van der Waals surface area contributed by atoms with Gasteiger partial charge < -0.3 is 14.8 Å². The van der Waals surface area contributed by atoms with Crippen LogP contribution < -0.4 is 10.1 Å². The molecule has 4 rings (SSSR count). The van der Waals surface area contributed by atoms with Crippen molar-refractivity contribution < 1.29 is 22.7 Å². The van der Waals surface area contributed by atoms with E-state index in [1.54, 1.807) is 6.07 Å². The van der Waals surface area contributed by atoms with Crippen molar-refractivity contribution in [1.29, 1.82) is 0 Å². The number of rotatable bonds is 2. The fraction of sp³-hybridized carbons (Fsp3) is 0.350. The van der Waals surface area contributed by atoms with Crippen LogP contribution in [-0.4, -0.2) is 43.9 Å². The predicted octanol–water partition coefficient (Wildman–Crippen LogP) is 3.15. The first-order valence-corrected chi connectivity index (χ1v) is 10.6. The van der Waals surface area contributed by atoms with Gasteiger partial charge in [-0.05, 0) is 56.7 Å². The normalized spacial score (nSPS) is 22.5. The Balaban J connectivity index is 1.71. The molecule has 148 valence electrons. The zero-order chi connectivity index (χ0) is 20.1. The minimum absolute atomic E-state index is 0.0634. The third-order valence-corrected chi connectivity index (χ3v) is 6.65. The Hall–Kier alpha value is -2.42. The van der Waals surface area contributed by atoms with Gasteiger partial charge in [0.2, 0.25) is 10.0 Å². The number of anilines is 1. The lowest BCUT2D eigenvalue weighted by Crippen LogP contribution is -2.48. The van der Waals surface area contributed by atoms with Crippen molar-refractivity contribution in [3.8, 4) is 11.5 Å². The van der Waals surface area contributed by atoms with Crippen LogP contribution in [0.5, 0.6) is 11.5 Å². The zero-order valence-corrected chi connectivity index (χ0v) is 16.7. The van der Waals surface area contributed by atoms with Gasteiger partial charge in [-0.15, -0.1) is 0 Å². The molecule has 0 spiro atoms. The minimum Gasteiger partial charge on any atom is -0.454 e. The van der Waals surface area contributed by atoms with Crippen molar-refractivity contribution in [2.24, 2.45) is 0 Å². The van der Waals surface area contributed by atoms with Crippen LogP contribution in [-0.2, 0) is 14.8 Å². The van der Waals surface area contributed by atoms with Gasteiger partial charge in [-0.1, -0.05) is 6.07 Å².